The fourth-order valence-corrected chi connectivity index (χ4v) is 2.19. The van der Waals surface area contributed by atoms with Gasteiger partial charge in [-0.2, -0.15) is 5.26 Å². The molecule has 0 spiro atoms. The van der Waals surface area contributed by atoms with Gasteiger partial charge in [0, 0.05) is 11.6 Å². The average molecular weight is 286 g/mol. The summed E-state index contributed by atoms with van der Waals surface area (Å²) in [7, 11) is 0. The van der Waals surface area contributed by atoms with Gasteiger partial charge in [0.2, 0.25) is 0 Å². The van der Waals surface area contributed by atoms with E-state index in [1.165, 1.54) is 6.07 Å². The number of benzene rings is 1. The van der Waals surface area contributed by atoms with Gasteiger partial charge in [0.05, 0.1) is 19.2 Å². The van der Waals surface area contributed by atoms with Crippen LogP contribution in [0.1, 0.15) is 25.2 Å². The Morgan fingerprint density at radius 3 is 2.71 bits per heavy atom. The first-order valence-corrected chi connectivity index (χ1v) is 6.98. The number of hydrogen-bond acceptors (Lipinski definition) is 3. The van der Waals surface area contributed by atoms with Crippen molar-refractivity contribution in [2.24, 2.45) is 0 Å². The normalized spacial score (nSPS) is 11.1. The SMILES string of the molecule is Cc1c(F)cccc1-c1ccc(CN(CC#N)C(C)C)o1. The largest absolute Gasteiger partial charge is 0.460 e. The minimum absolute atomic E-state index is 0.237. The highest BCUT2D eigenvalue weighted by Gasteiger charge is 2.14. The van der Waals surface area contributed by atoms with E-state index in [1.807, 2.05) is 36.9 Å². The summed E-state index contributed by atoms with van der Waals surface area (Å²) in [6.45, 7) is 6.74. The van der Waals surface area contributed by atoms with E-state index in [4.69, 9.17) is 9.68 Å². The number of rotatable bonds is 5. The Morgan fingerprint density at radius 2 is 2.05 bits per heavy atom. The summed E-state index contributed by atoms with van der Waals surface area (Å²) in [6, 6.07) is 11.1. The summed E-state index contributed by atoms with van der Waals surface area (Å²) in [5.74, 6) is 1.19. The molecule has 110 valence electrons. The van der Waals surface area contributed by atoms with E-state index < -0.39 is 0 Å². The van der Waals surface area contributed by atoms with Crippen molar-refractivity contribution in [2.75, 3.05) is 6.54 Å². The van der Waals surface area contributed by atoms with Gasteiger partial charge in [0.1, 0.15) is 17.3 Å². The molecule has 1 aromatic carbocycles. The highest BCUT2D eigenvalue weighted by atomic mass is 19.1. The molecule has 2 rings (SSSR count). The first kappa shape index (κ1) is 15.3. The first-order valence-electron chi connectivity index (χ1n) is 6.98. The third-order valence-corrected chi connectivity index (χ3v) is 3.56. The van der Waals surface area contributed by atoms with E-state index >= 15 is 0 Å². The molecule has 2 aromatic rings. The van der Waals surface area contributed by atoms with Crippen LogP contribution >= 0.6 is 0 Å². The van der Waals surface area contributed by atoms with E-state index in [1.54, 1.807) is 13.0 Å². The van der Waals surface area contributed by atoms with E-state index in [2.05, 4.69) is 6.07 Å². The summed E-state index contributed by atoms with van der Waals surface area (Å²) in [4.78, 5) is 2.01. The van der Waals surface area contributed by atoms with Gasteiger partial charge in [-0.1, -0.05) is 12.1 Å². The Bertz CT molecular complexity index is 655. The Balaban J connectivity index is 2.22. The summed E-state index contributed by atoms with van der Waals surface area (Å²) in [5, 5.41) is 8.85. The topological polar surface area (TPSA) is 40.2 Å². The van der Waals surface area contributed by atoms with Crippen LogP contribution in [0.25, 0.3) is 11.3 Å². The van der Waals surface area contributed by atoms with Crippen LogP contribution in [0.2, 0.25) is 0 Å². The van der Waals surface area contributed by atoms with Crippen molar-refractivity contribution in [1.82, 2.24) is 4.90 Å². The second-order valence-corrected chi connectivity index (χ2v) is 5.34. The molecule has 0 bridgehead atoms. The zero-order valence-electron chi connectivity index (χ0n) is 12.6. The van der Waals surface area contributed by atoms with Crippen LogP contribution in [0, 0.1) is 24.1 Å². The number of nitriles is 1. The third-order valence-electron chi connectivity index (χ3n) is 3.56. The molecular formula is C17H19FN2O. The fourth-order valence-electron chi connectivity index (χ4n) is 2.19. The van der Waals surface area contributed by atoms with Gasteiger partial charge < -0.3 is 4.42 Å². The molecule has 0 N–H and O–H groups in total. The van der Waals surface area contributed by atoms with Gasteiger partial charge in [-0.05, 0) is 44.5 Å². The standard InChI is InChI=1S/C17H19FN2O/c1-12(2)20(10-9-19)11-14-7-8-17(21-14)15-5-4-6-16(18)13(15)3/h4-8,12H,10-11H2,1-3H3. The number of halogens is 1. The molecule has 0 radical (unpaired) electrons. The van der Waals surface area contributed by atoms with E-state index in [-0.39, 0.29) is 11.9 Å². The lowest BCUT2D eigenvalue weighted by Gasteiger charge is -2.21. The zero-order chi connectivity index (χ0) is 15.4. The molecule has 3 nitrogen and oxygen atoms in total. The lowest BCUT2D eigenvalue weighted by molar-refractivity contribution is 0.222. The highest BCUT2D eigenvalue weighted by Crippen LogP contribution is 2.27. The molecule has 0 aliphatic carbocycles. The van der Waals surface area contributed by atoms with Crippen LogP contribution < -0.4 is 0 Å². The fraction of sp³-hybridized carbons (Fsp3) is 0.353. The lowest BCUT2D eigenvalue weighted by Crippen LogP contribution is -2.30. The molecule has 1 aromatic heterocycles. The molecule has 0 aliphatic rings. The van der Waals surface area contributed by atoms with Gasteiger partial charge in [-0.15, -0.1) is 0 Å². The number of nitrogens with zero attached hydrogens (tertiary/aromatic N) is 2. The average Bonchev–Trinajstić information content (AvgIpc) is 2.89. The molecule has 0 saturated carbocycles. The van der Waals surface area contributed by atoms with Crippen LogP contribution in [0.5, 0.6) is 0 Å². The molecule has 0 atom stereocenters. The van der Waals surface area contributed by atoms with Crippen molar-refractivity contribution < 1.29 is 8.81 Å². The Morgan fingerprint density at radius 1 is 1.29 bits per heavy atom. The second kappa shape index (κ2) is 6.55. The van der Waals surface area contributed by atoms with Crippen molar-refractivity contribution in [3.05, 3.63) is 47.5 Å². The maximum Gasteiger partial charge on any atom is 0.134 e. The smallest absolute Gasteiger partial charge is 0.134 e. The quantitative estimate of drug-likeness (QED) is 0.776. The van der Waals surface area contributed by atoms with Crippen LogP contribution in [0.3, 0.4) is 0 Å². The maximum absolute atomic E-state index is 13.6. The molecular weight excluding hydrogens is 267 g/mol. The van der Waals surface area contributed by atoms with Crippen LogP contribution in [0.15, 0.2) is 34.7 Å². The second-order valence-electron chi connectivity index (χ2n) is 5.34. The van der Waals surface area contributed by atoms with E-state index in [0.717, 1.165) is 11.3 Å². The van der Waals surface area contributed by atoms with E-state index in [9.17, 15) is 4.39 Å². The molecule has 0 saturated heterocycles. The van der Waals surface area contributed by atoms with Crippen LogP contribution in [-0.2, 0) is 6.54 Å². The molecule has 4 heteroatoms. The third kappa shape index (κ3) is 3.50. The molecule has 0 fully saturated rings. The van der Waals surface area contributed by atoms with Gasteiger partial charge in [-0.25, -0.2) is 4.39 Å². The summed E-state index contributed by atoms with van der Waals surface area (Å²) in [6.07, 6.45) is 0. The van der Waals surface area contributed by atoms with E-state index in [0.29, 0.717) is 24.4 Å². The first-order chi connectivity index (χ1) is 10.0. The maximum atomic E-state index is 13.6. The highest BCUT2D eigenvalue weighted by molar-refractivity contribution is 5.62. The number of hydrogen-bond donors (Lipinski definition) is 0. The molecule has 0 aliphatic heterocycles. The monoisotopic (exact) mass is 286 g/mol. The van der Waals surface area contributed by atoms with Gasteiger partial charge in [0.25, 0.3) is 0 Å². The van der Waals surface area contributed by atoms with Crippen LogP contribution in [0.4, 0.5) is 4.39 Å². The minimum Gasteiger partial charge on any atom is -0.460 e. The molecule has 0 amide bonds. The summed E-state index contributed by atoms with van der Waals surface area (Å²) < 4.78 is 19.4. The Labute approximate surface area is 124 Å². The summed E-state index contributed by atoms with van der Waals surface area (Å²) >= 11 is 0. The van der Waals surface area contributed by atoms with Gasteiger partial charge >= 0.3 is 0 Å². The van der Waals surface area contributed by atoms with Crippen LogP contribution in [-0.4, -0.2) is 17.5 Å². The molecule has 1 heterocycles. The lowest BCUT2D eigenvalue weighted by atomic mass is 10.1. The minimum atomic E-state index is -0.237. The Hall–Kier alpha value is -2.12. The van der Waals surface area contributed by atoms with Crippen molar-refractivity contribution in [3.8, 4) is 17.4 Å². The molecule has 21 heavy (non-hydrogen) atoms. The van der Waals surface area contributed by atoms with Gasteiger partial charge in [-0.3, -0.25) is 4.90 Å². The van der Waals surface area contributed by atoms with Crippen molar-refractivity contribution >= 4 is 0 Å². The zero-order valence-corrected chi connectivity index (χ0v) is 12.6. The van der Waals surface area contributed by atoms with Gasteiger partial charge in [0.15, 0.2) is 0 Å². The molecule has 0 unspecified atom stereocenters. The summed E-state index contributed by atoms with van der Waals surface area (Å²) in [5.41, 5.74) is 1.34. The predicted octanol–water partition coefficient (Wildman–Crippen LogP) is 4.13. The number of furan rings is 1. The van der Waals surface area contributed by atoms with Crippen molar-refractivity contribution in [1.29, 1.82) is 5.26 Å². The van der Waals surface area contributed by atoms with Crippen molar-refractivity contribution in [3.63, 3.8) is 0 Å². The predicted molar refractivity (Wildman–Crippen MR) is 80.0 cm³/mol. The Kier molecular flexibility index (Phi) is 4.77. The van der Waals surface area contributed by atoms with Crippen molar-refractivity contribution in [2.45, 2.75) is 33.4 Å².